The van der Waals surface area contributed by atoms with Gasteiger partial charge in [-0.2, -0.15) is 0 Å². The maximum absolute atomic E-state index is 5.93. The van der Waals surface area contributed by atoms with E-state index >= 15 is 0 Å². The lowest BCUT2D eigenvalue weighted by Crippen LogP contribution is -2.00. The van der Waals surface area contributed by atoms with Gasteiger partial charge in [0.15, 0.2) is 0 Å². The number of ether oxygens (including phenoxy) is 1. The Morgan fingerprint density at radius 2 is 1.79 bits per heavy atom. The van der Waals surface area contributed by atoms with Gasteiger partial charge in [0.25, 0.3) is 0 Å². The topological polar surface area (TPSA) is 35.2 Å². The van der Waals surface area contributed by atoms with Gasteiger partial charge in [-0.05, 0) is 54.8 Å². The lowest BCUT2D eigenvalue weighted by molar-refractivity contribution is 0.306. The molecular formula is C16H18ClNO. The van der Waals surface area contributed by atoms with Crippen molar-refractivity contribution >= 4 is 11.6 Å². The van der Waals surface area contributed by atoms with Crippen molar-refractivity contribution in [1.29, 1.82) is 0 Å². The fourth-order valence-electron chi connectivity index (χ4n) is 1.85. The van der Waals surface area contributed by atoms with Gasteiger partial charge >= 0.3 is 0 Å². The van der Waals surface area contributed by atoms with Gasteiger partial charge in [0, 0.05) is 5.02 Å². The highest BCUT2D eigenvalue weighted by Crippen LogP contribution is 2.16. The fourth-order valence-corrected chi connectivity index (χ4v) is 2.06. The van der Waals surface area contributed by atoms with Gasteiger partial charge in [0.05, 0.1) is 0 Å². The molecule has 2 aromatic carbocycles. The fraction of sp³-hybridized carbons (Fsp3) is 0.250. The van der Waals surface area contributed by atoms with Crippen LogP contribution in [-0.2, 0) is 13.0 Å². The minimum atomic E-state index is 0.530. The molecule has 0 saturated heterocycles. The monoisotopic (exact) mass is 275 g/mol. The minimum absolute atomic E-state index is 0.530. The number of hydrogen-bond donors (Lipinski definition) is 1. The number of halogens is 1. The molecule has 0 aliphatic heterocycles. The maximum Gasteiger partial charge on any atom is 0.119 e. The summed E-state index contributed by atoms with van der Waals surface area (Å²) in [6.07, 6.45) is 2.04. The Morgan fingerprint density at radius 3 is 2.47 bits per heavy atom. The van der Waals surface area contributed by atoms with E-state index in [2.05, 4.69) is 12.1 Å². The molecule has 2 N–H and O–H groups in total. The zero-order valence-electron chi connectivity index (χ0n) is 10.8. The molecule has 100 valence electrons. The summed E-state index contributed by atoms with van der Waals surface area (Å²) in [6, 6.07) is 15.9. The van der Waals surface area contributed by atoms with Crippen molar-refractivity contribution in [2.45, 2.75) is 19.4 Å². The van der Waals surface area contributed by atoms with Crippen molar-refractivity contribution in [2.24, 2.45) is 5.73 Å². The molecule has 0 aliphatic rings. The van der Waals surface area contributed by atoms with Gasteiger partial charge in [0.2, 0.25) is 0 Å². The summed E-state index contributed by atoms with van der Waals surface area (Å²) in [7, 11) is 0. The Bertz CT molecular complexity index is 510. The summed E-state index contributed by atoms with van der Waals surface area (Å²) in [5, 5.41) is 0.734. The standard InChI is InChI=1S/C16H18ClNO/c17-15-5-1-3-14(11-15)12-19-16-8-6-13(7-9-16)4-2-10-18/h1,3,5-9,11H,2,4,10,12,18H2. The Hall–Kier alpha value is -1.51. The smallest absolute Gasteiger partial charge is 0.119 e. The molecule has 0 heterocycles. The molecule has 0 bridgehead atoms. The first-order chi connectivity index (χ1) is 9.28. The predicted molar refractivity (Wildman–Crippen MR) is 79.6 cm³/mol. The van der Waals surface area contributed by atoms with Crippen molar-refractivity contribution in [2.75, 3.05) is 6.54 Å². The molecule has 3 heteroatoms. The van der Waals surface area contributed by atoms with Crippen LogP contribution in [0.15, 0.2) is 48.5 Å². The second-order valence-electron chi connectivity index (χ2n) is 4.45. The molecule has 0 aliphatic carbocycles. The third-order valence-electron chi connectivity index (χ3n) is 2.89. The third kappa shape index (κ3) is 4.58. The average molecular weight is 276 g/mol. The SMILES string of the molecule is NCCCc1ccc(OCc2cccc(Cl)c2)cc1. The van der Waals surface area contributed by atoms with E-state index in [0.29, 0.717) is 6.61 Å². The van der Waals surface area contributed by atoms with E-state index in [9.17, 15) is 0 Å². The summed E-state index contributed by atoms with van der Waals surface area (Å²) in [5.74, 6) is 0.872. The van der Waals surface area contributed by atoms with Crippen LogP contribution in [0.4, 0.5) is 0 Å². The van der Waals surface area contributed by atoms with Crippen molar-refractivity contribution < 1.29 is 4.74 Å². The number of aryl methyl sites for hydroxylation is 1. The highest BCUT2D eigenvalue weighted by atomic mass is 35.5. The van der Waals surface area contributed by atoms with Crippen LogP contribution in [-0.4, -0.2) is 6.54 Å². The molecule has 0 radical (unpaired) electrons. The van der Waals surface area contributed by atoms with Gasteiger partial charge in [0.1, 0.15) is 12.4 Å². The zero-order valence-corrected chi connectivity index (χ0v) is 11.6. The van der Waals surface area contributed by atoms with Crippen LogP contribution in [0.1, 0.15) is 17.5 Å². The Balaban J connectivity index is 1.89. The van der Waals surface area contributed by atoms with E-state index in [0.717, 1.165) is 35.7 Å². The molecule has 0 unspecified atom stereocenters. The zero-order chi connectivity index (χ0) is 13.5. The van der Waals surface area contributed by atoms with E-state index in [1.165, 1.54) is 5.56 Å². The summed E-state index contributed by atoms with van der Waals surface area (Å²) in [6.45, 7) is 1.26. The summed E-state index contributed by atoms with van der Waals surface area (Å²) in [4.78, 5) is 0. The lowest BCUT2D eigenvalue weighted by Gasteiger charge is -2.07. The van der Waals surface area contributed by atoms with Crippen LogP contribution < -0.4 is 10.5 Å². The molecule has 2 rings (SSSR count). The maximum atomic E-state index is 5.93. The van der Waals surface area contributed by atoms with E-state index in [-0.39, 0.29) is 0 Å². The summed E-state index contributed by atoms with van der Waals surface area (Å²) >= 11 is 5.93. The first-order valence-corrected chi connectivity index (χ1v) is 6.82. The van der Waals surface area contributed by atoms with E-state index in [1.807, 2.05) is 36.4 Å². The van der Waals surface area contributed by atoms with E-state index in [4.69, 9.17) is 22.1 Å². The number of benzene rings is 2. The molecular weight excluding hydrogens is 258 g/mol. The van der Waals surface area contributed by atoms with Crippen molar-refractivity contribution in [3.8, 4) is 5.75 Å². The Kier molecular flexibility index (Phi) is 5.25. The predicted octanol–water partition coefficient (Wildman–Crippen LogP) is 3.81. The number of hydrogen-bond acceptors (Lipinski definition) is 2. The first-order valence-electron chi connectivity index (χ1n) is 6.44. The van der Waals surface area contributed by atoms with Crippen LogP contribution in [0.5, 0.6) is 5.75 Å². The van der Waals surface area contributed by atoms with Crippen LogP contribution in [0.3, 0.4) is 0 Å². The molecule has 19 heavy (non-hydrogen) atoms. The third-order valence-corrected chi connectivity index (χ3v) is 3.12. The normalized spacial score (nSPS) is 10.4. The molecule has 0 aromatic heterocycles. The molecule has 0 amide bonds. The largest absolute Gasteiger partial charge is 0.489 e. The van der Waals surface area contributed by atoms with Gasteiger partial charge in [-0.3, -0.25) is 0 Å². The second kappa shape index (κ2) is 7.17. The van der Waals surface area contributed by atoms with Gasteiger partial charge in [-0.15, -0.1) is 0 Å². The number of rotatable bonds is 6. The Labute approximate surface area is 119 Å². The van der Waals surface area contributed by atoms with Crippen molar-refractivity contribution in [3.05, 3.63) is 64.7 Å². The lowest BCUT2D eigenvalue weighted by atomic mass is 10.1. The molecule has 0 fully saturated rings. The highest BCUT2D eigenvalue weighted by Gasteiger charge is 1.98. The van der Waals surface area contributed by atoms with Gasteiger partial charge < -0.3 is 10.5 Å². The van der Waals surface area contributed by atoms with Gasteiger partial charge in [-0.25, -0.2) is 0 Å². The minimum Gasteiger partial charge on any atom is -0.489 e. The molecule has 0 spiro atoms. The van der Waals surface area contributed by atoms with Crippen molar-refractivity contribution in [3.63, 3.8) is 0 Å². The van der Waals surface area contributed by atoms with Crippen LogP contribution >= 0.6 is 11.6 Å². The average Bonchev–Trinajstić information content (AvgIpc) is 2.44. The molecule has 0 atom stereocenters. The van der Waals surface area contributed by atoms with Crippen molar-refractivity contribution in [1.82, 2.24) is 0 Å². The van der Waals surface area contributed by atoms with Crippen LogP contribution in [0.25, 0.3) is 0 Å². The first kappa shape index (κ1) is 13.9. The molecule has 2 nitrogen and oxygen atoms in total. The summed E-state index contributed by atoms with van der Waals surface area (Å²) in [5.41, 5.74) is 7.86. The Morgan fingerprint density at radius 1 is 1.00 bits per heavy atom. The molecule has 0 saturated carbocycles. The highest BCUT2D eigenvalue weighted by molar-refractivity contribution is 6.30. The van der Waals surface area contributed by atoms with Gasteiger partial charge in [-0.1, -0.05) is 35.9 Å². The molecule has 2 aromatic rings. The van der Waals surface area contributed by atoms with E-state index in [1.54, 1.807) is 0 Å². The van der Waals surface area contributed by atoms with Crippen LogP contribution in [0, 0.1) is 0 Å². The number of nitrogens with two attached hydrogens (primary N) is 1. The quantitative estimate of drug-likeness (QED) is 0.870. The second-order valence-corrected chi connectivity index (χ2v) is 4.89. The van der Waals surface area contributed by atoms with E-state index < -0.39 is 0 Å². The van der Waals surface area contributed by atoms with Crippen LogP contribution in [0.2, 0.25) is 5.02 Å². The summed E-state index contributed by atoms with van der Waals surface area (Å²) < 4.78 is 5.72.